The number of hydrogen-bond donors (Lipinski definition) is 18. The Balaban J connectivity index is 1.15. The van der Waals surface area contributed by atoms with Crippen LogP contribution < -0.4 is 0 Å². The second-order valence-corrected chi connectivity index (χ2v) is 15.9. The molecule has 0 unspecified atom stereocenters. The Morgan fingerprint density at radius 2 is 0.762 bits per heavy atom. The topological polar surface area (TPSA) is 466 Å². The maximum atomic E-state index is 11.2. The van der Waals surface area contributed by atoms with Gasteiger partial charge in [-0.2, -0.15) is 0 Å². The molecule has 6 aliphatic rings. The smallest absolute Gasteiger partial charge is 0.187 e. The molecule has 6 fully saturated rings. The number of aliphatic hydroxyl groups is 18. The average Bonchev–Trinajstić information content (AvgIpc) is 4.05. The molecule has 29 nitrogen and oxygen atoms in total. The zero-order chi connectivity index (χ0) is 46.2. The quantitative estimate of drug-likeness (QED) is 0.0539. The molecule has 0 aromatic rings. The molecule has 18 N–H and O–H groups in total. The van der Waals surface area contributed by atoms with E-state index in [1.54, 1.807) is 0 Å². The van der Waals surface area contributed by atoms with Gasteiger partial charge < -0.3 is 144 Å². The standard InChI is InChI=1S/C34H58O29/c35-1-7(39)25-16(43)23(50)33(61-25)57-10(4-38)27-17(44)22(49)31(62-27)54-6-12(28-18(45)24(51)34(63-28)56-9(3-37)26-15(42)19(46)29(52)60-26)59-32-21(48)14(41)11(58-32)5-53-30-20(47)13(40)8(2-36)55-30/h7-52H,1-6H2/t7-,8-,9-,10-,11-,12-,13-,14-,15-,16-,17-,18-,19-,20+,21+,22-,23-,24-,25+,26+,27+,28+,29-,30+,31-,32-,33-,34-/m1/s1. The Labute approximate surface area is 355 Å². The summed E-state index contributed by atoms with van der Waals surface area (Å²) in [5.41, 5.74) is 0. The minimum absolute atomic E-state index is 0.607. The summed E-state index contributed by atoms with van der Waals surface area (Å²) >= 11 is 0. The van der Waals surface area contributed by atoms with Crippen molar-refractivity contribution in [2.45, 2.75) is 172 Å². The van der Waals surface area contributed by atoms with Crippen molar-refractivity contribution < 1.29 is 144 Å². The van der Waals surface area contributed by atoms with Crippen LogP contribution in [0.4, 0.5) is 0 Å². The molecule has 0 aliphatic carbocycles. The summed E-state index contributed by atoms with van der Waals surface area (Å²) in [6.45, 7) is -4.91. The zero-order valence-corrected chi connectivity index (χ0v) is 32.9. The maximum absolute atomic E-state index is 11.2. The molecule has 6 heterocycles. The fraction of sp³-hybridized carbons (Fsp3) is 1.00. The first-order valence-electron chi connectivity index (χ1n) is 20.0. The average molecular weight is 931 g/mol. The number of aliphatic hydroxyl groups excluding tert-OH is 18. The molecule has 0 amide bonds. The Morgan fingerprint density at radius 1 is 0.365 bits per heavy atom. The van der Waals surface area contributed by atoms with E-state index in [4.69, 9.17) is 52.1 Å². The van der Waals surface area contributed by atoms with E-state index in [0.29, 0.717) is 0 Å². The largest absolute Gasteiger partial charge is 0.394 e. The van der Waals surface area contributed by atoms with Gasteiger partial charge in [-0.3, -0.25) is 0 Å². The third-order valence-corrected chi connectivity index (χ3v) is 11.7. The molecule has 0 aromatic heterocycles. The van der Waals surface area contributed by atoms with Crippen molar-refractivity contribution in [3.63, 3.8) is 0 Å². The van der Waals surface area contributed by atoms with Gasteiger partial charge in [0.2, 0.25) is 0 Å². The predicted molar refractivity (Wildman–Crippen MR) is 187 cm³/mol. The summed E-state index contributed by atoms with van der Waals surface area (Å²) < 4.78 is 60.7. The highest BCUT2D eigenvalue weighted by Gasteiger charge is 2.56. The first-order chi connectivity index (χ1) is 29.9. The molecule has 0 bridgehead atoms. The second-order valence-electron chi connectivity index (χ2n) is 15.9. The minimum Gasteiger partial charge on any atom is -0.394 e. The number of hydrogen-bond acceptors (Lipinski definition) is 29. The molecule has 6 rings (SSSR count). The maximum Gasteiger partial charge on any atom is 0.187 e. The summed E-state index contributed by atoms with van der Waals surface area (Å²) in [6.07, 6.45) is -48.4. The van der Waals surface area contributed by atoms with Gasteiger partial charge in [-0.25, -0.2) is 0 Å². The van der Waals surface area contributed by atoms with Crippen molar-refractivity contribution in [3.05, 3.63) is 0 Å². The van der Waals surface area contributed by atoms with Crippen molar-refractivity contribution >= 4 is 0 Å². The fourth-order valence-corrected chi connectivity index (χ4v) is 7.93. The summed E-state index contributed by atoms with van der Waals surface area (Å²) in [6, 6.07) is 0. The first kappa shape index (κ1) is 51.2. The Morgan fingerprint density at radius 3 is 1.29 bits per heavy atom. The van der Waals surface area contributed by atoms with Crippen LogP contribution in [0.3, 0.4) is 0 Å². The minimum atomic E-state index is -2.00. The van der Waals surface area contributed by atoms with Crippen LogP contribution in [-0.2, 0) is 52.1 Å². The fourth-order valence-electron chi connectivity index (χ4n) is 7.93. The van der Waals surface area contributed by atoms with E-state index in [9.17, 15) is 91.9 Å². The van der Waals surface area contributed by atoms with Gasteiger partial charge in [0.05, 0.1) is 39.6 Å². The van der Waals surface area contributed by atoms with Crippen molar-refractivity contribution in [2.24, 2.45) is 0 Å². The van der Waals surface area contributed by atoms with Gasteiger partial charge in [-0.1, -0.05) is 0 Å². The van der Waals surface area contributed by atoms with Crippen molar-refractivity contribution in [1.29, 1.82) is 0 Å². The zero-order valence-electron chi connectivity index (χ0n) is 32.9. The summed E-state index contributed by atoms with van der Waals surface area (Å²) in [4.78, 5) is 0. The SMILES string of the molecule is OC[C@@H](O)[C@@H]1O[C@@H](O[C@H](CO)[C@@H]2O[C@@H](OC[C@@H](O[C@H]3O[C@H](CO[C@H]4O[C@H](CO)[C@@H](O)[C@@H]4O)[C@@H](O)[C@@H]3O)[C@@H]3O[C@@H](O[C@H](CO)[C@@H]4O[C@@H](O)[C@H](O)[C@H]4O)[C@H](O)[C@H]3O)[C@H](O)[C@H]2O)[C@H](O)[C@H]1O. The first-order valence-corrected chi connectivity index (χ1v) is 20.0. The lowest BCUT2D eigenvalue weighted by Gasteiger charge is -2.31. The van der Waals surface area contributed by atoms with Gasteiger partial charge in [0.15, 0.2) is 37.7 Å². The normalized spacial score (nSPS) is 49.8. The van der Waals surface area contributed by atoms with Crippen LogP contribution in [0, 0.1) is 0 Å². The highest BCUT2D eigenvalue weighted by Crippen LogP contribution is 2.35. The van der Waals surface area contributed by atoms with Crippen LogP contribution >= 0.6 is 0 Å². The van der Waals surface area contributed by atoms with E-state index in [1.807, 2.05) is 0 Å². The summed E-state index contributed by atoms with van der Waals surface area (Å²) in [7, 11) is 0. The van der Waals surface area contributed by atoms with Crippen molar-refractivity contribution in [2.75, 3.05) is 39.6 Å². The predicted octanol–water partition coefficient (Wildman–Crippen LogP) is -12.8. The highest BCUT2D eigenvalue weighted by molar-refractivity contribution is 4.98. The highest BCUT2D eigenvalue weighted by atomic mass is 16.8. The van der Waals surface area contributed by atoms with Crippen LogP contribution in [0.1, 0.15) is 0 Å². The Kier molecular flexibility index (Phi) is 17.8. The van der Waals surface area contributed by atoms with Gasteiger partial charge in [0, 0.05) is 0 Å². The monoisotopic (exact) mass is 930 g/mol. The van der Waals surface area contributed by atoms with Crippen molar-refractivity contribution in [1.82, 2.24) is 0 Å². The second kappa shape index (κ2) is 21.9. The van der Waals surface area contributed by atoms with E-state index in [0.717, 1.165) is 0 Å². The molecule has 28 atom stereocenters. The lowest BCUT2D eigenvalue weighted by Crippen LogP contribution is -2.47. The molecular formula is C34H58O29. The molecule has 0 aromatic carbocycles. The van der Waals surface area contributed by atoms with E-state index in [2.05, 4.69) is 0 Å². The van der Waals surface area contributed by atoms with E-state index >= 15 is 0 Å². The van der Waals surface area contributed by atoms with E-state index < -0.39 is 212 Å². The number of ether oxygens (including phenoxy) is 11. The Hall–Kier alpha value is -1.16. The molecule has 29 heteroatoms. The molecule has 0 saturated carbocycles. The van der Waals surface area contributed by atoms with E-state index in [1.165, 1.54) is 0 Å². The van der Waals surface area contributed by atoms with Gasteiger partial charge in [-0.15, -0.1) is 0 Å². The van der Waals surface area contributed by atoms with Crippen LogP contribution in [0.15, 0.2) is 0 Å². The van der Waals surface area contributed by atoms with Crippen LogP contribution in [0.2, 0.25) is 0 Å². The van der Waals surface area contributed by atoms with Crippen LogP contribution in [0.5, 0.6) is 0 Å². The van der Waals surface area contributed by atoms with Crippen LogP contribution in [0.25, 0.3) is 0 Å². The number of rotatable bonds is 20. The molecule has 6 aliphatic heterocycles. The van der Waals surface area contributed by atoms with Crippen molar-refractivity contribution in [3.8, 4) is 0 Å². The summed E-state index contributed by atoms with van der Waals surface area (Å²) in [5, 5.41) is 185. The van der Waals surface area contributed by atoms with Crippen LogP contribution in [-0.4, -0.2) is 304 Å². The molecule has 0 radical (unpaired) electrons. The lowest BCUT2D eigenvalue weighted by molar-refractivity contribution is -0.274. The van der Waals surface area contributed by atoms with Gasteiger partial charge in [0.1, 0.15) is 134 Å². The third-order valence-electron chi connectivity index (χ3n) is 11.7. The lowest BCUT2D eigenvalue weighted by atomic mass is 10.0. The summed E-state index contributed by atoms with van der Waals surface area (Å²) in [5.74, 6) is 0. The molecular weight excluding hydrogens is 872 g/mol. The molecule has 6 saturated heterocycles. The third kappa shape index (κ3) is 10.6. The molecule has 368 valence electrons. The van der Waals surface area contributed by atoms with Gasteiger partial charge in [-0.05, 0) is 0 Å². The van der Waals surface area contributed by atoms with E-state index in [-0.39, 0.29) is 0 Å². The molecule has 0 spiro atoms. The van der Waals surface area contributed by atoms with Gasteiger partial charge >= 0.3 is 0 Å². The Bertz CT molecular complexity index is 1410. The molecule has 63 heavy (non-hydrogen) atoms. The van der Waals surface area contributed by atoms with Gasteiger partial charge in [0.25, 0.3) is 0 Å².